The van der Waals surface area contributed by atoms with Crippen molar-refractivity contribution in [2.45, 2.75) is 84.4 Å². The van der Waals surface area contributed by atoms with Gasteiger partial charge in [0.2, 0.25) is 11.8 Å². The third-order valence-electron chi connectivity index (χ3n) is 7.26. The van der Waals surface area contributed by atoms with Crippen molar-refractivity contribution in [2.24, 2.45) is 11.8 Å². The van der Waals surface area contributed by atoms with Crippen molar-refractivity contribution in [3.63, 3.8) is 0 Å². The third-order valence-corrected chi connectivity index (χ3v) is 7.26. The number of aliphatic hydroxyl groups excluding tert-OH is 1. The quantitative estimate of drug-likeness (QED) is 0.270. The monoisotopic (exact) mass is 610 g/mol. The van der Waals surface area contributed by atoms with Crippen molar-refractivity contribution >= 4 is 24.0 Å². The lowest BCUT2D eigenvalue weighted by Gasteiger charge is -2.38. The maximum Gasteiger partial charge on any atom is 0.408 e. The van der Waals surface area contributed by atoms with Gasteiger partial charge in [0.1, 0.15) is 25.3 Å². The number of hydrogen-bond donors (Lipinski definition) is 4. The maximum absolute atomic E-state index is 13.4. The topological polar surface area (TPSA) is 146 Å². The van der Waals surface area contributed by atoms with E-state index in [4.69, 9.17) is 9.47 Å². The van der Waals surface area contributed by atoms with Gasteiger partial charge in [-0.3, -0.25) is 9.59 Å². The van der Waals surface area contributed by atoms with Gasteiger partial charge in [0.25, 0.3) is 0 Å². The fourth-order valence-electron chi connectivity index (χ4n) is 5.01. The molecule has 2 aromatic carbocycles. The standard InChI is InChI=1S/C33H46N4O7/c1-22(2)17-27(35-32(41)43-20-24-11-7-5-8-12-24)30(39)34-26-15-16-37(19-29(26)38)31(40)28(18-23(3)4)36-33(42)44-21-25-13-9-6-10-14-25/h5-14,22-23,26-29,38H,15-21H2,1-4H3,(H,34,39)(H,35,41)(H,36,42)/t26?,27-,28-,29?/m0/s1. The first kappa shape index (κ1) is 34.4. The molecule has 1 aliphatic heterocycles. The lowest BCUT2D eigenvalue weighted by molar-refractivity contribution is -0.138. The Kier molecular flexibility index (Phi) is 13.5. The molecule has 4 amide bonds. The number of piperidine rings is 1. The number of ether oxygens (including phenoxy) is 2. The summed E-state index contributed by atoms with van der Waals surface area (Å²) < 4.78 is 10.6. The summed E-state index contributed by atoms with van der Waals surface area (Å²) in [4.78, 5) is 53.1. The van der Waals surface area contributed by atoms with Crippen molar-refractivity contribution in [3.05, 3.63) is 71.8 Å². The van der Waals surface area contributed by atoms with E-state index in [1.54, 1.807) is 0 Å². The van der Waals surface area contributed by atoms with Gasteiger partial charge >= 0.3 is 12.2 Å². The van der Waals surface area contributed by atoms with E-state index in [1.165, 1.54) is 4.90 Å². The summed E-state index contributed by atoms with van der Waals surface area (Å²) in [5.74, 6) is -0.529. The van der Waals surface area contributed by atoms with Crippen molar-refractivity contribution in [1.29, 1.82) is 0 Å². The number of nitrogens with zero attached hydrogens (tertiary/aromatic N) is 1. The fraction of sp³-hybridized carbons (Fsp3) is 0.515. The minimum absolute atomic E-state index is 0.0134. The normalized spacial score (nSPS) is 17.8. The number of benzene rings is 2. The molecule has 4 N–H and O–H groups in total. The molecule has 1 heterocycles. The van der Waals surface area contributed by atoms with Gasteiger partial charge in [-0.1, -0.05) is 88.4 Å². The van der Waals surface area contributed by atoms with Gasteiger partial charge in [0.05, 0.1) is 12.1 Å². The first-order valence-corrected chi connectivity index (χ1v) is 15.2. The van der Waals surface area contributed by atoms with E-state index in [0.717, 1.165) is 11.1 Å². The molecule has 2 aromatic rings. The lowest BCUT2D eigenvalue weighted by atomic mass is 9.97. The van der Waals surface area contributed by atoms with Crippen LogP contribution in [0.25, 0.3) is 0 Å². The second kappa shape index (κ2) is 17.2. The summed E-state index contributed by atoms with van der Waals surface area (Å²) in [6, 6.07) is 16.2. The molecule has 1 fully saturated rings. The number of amides is 4. The summed E-state index contributed by atoms with van der Waals surface area (Å²) in [6.07, 6.45) is -1.36. The number of rotatable bonds is 13. The van der Waals surface area contributed by atoms with Gasteiger partial charge < -0.3 is 35.4 Å². The molecule has 1 aliphatic rings. The number of β-amino-alcohol motifs (C(OH)–C–C–N with tert-alkyl or cyclic N) is 1. The van der Waals surface area contributed by atoms with Crippen LogP contribution in [0.15, 0.2) is 60.7 Å². The van der Waals surface area contributed by atoms with Crippen molar-refractivity contribution < 1.29 is 33.8 Å². The Bertz CT molecular complexity index is 1210. The van der Waals surface area contributed by atoms with Gasteiger partial charge in [0, 0.05) is 13.1 Å². The van der Waals surface area contributed by atoms with Crippen LogP contribution in [0, 0.1) is 11.8 Å². The summed E-state index contributed by atoms with van der Waals surface area (Å²) in [5.41, 5.74) is 1.66. The van der Waals surface area contributed by atoms with E-state index in [9.17, 15) is 24.3 Å². The summed E-state index contributed by atoms with van der Waals surface area (Å²) in [6.45, 7) is 8.20. The Morgan fingerprint density at radius 1 is 0.795 bits per heavy atom. The zero-order chi connectivity index (χ0) is 32.1. The van der Waals surface area contributed by atoms with Crippen molar-refractivity contribution in [3.8, 4) is 0 Å². The molecule has 0 aromatic heterocycles. The third kappa shape index (κ3) is 11.5. The van der Waals surface area contributed by atoms with Crippen LogP contribution in [0.4, 0.5) is 9.59 Å². The predicted octanol–water partition coefficient (Wildman–Crippen LogP) is 3.75. The highest BCUT2D eigenvalue weighted by molar-refractivity contribution is 5.87. The summed E-state index contributed by atoms with van der Waals surface area (Å²) >= 11 is 0. The minimum Gasteiger partial charge on any atom is -0.445 e. The van der Waals surface area contributed by atoms with Crippen LogP contribution in [0.1, 0.15) is 58.1 Å². The number of alkyl carbamates (subject to hydrolysis) is 2. The molecule has 2 unspecified atom stereocenters. The SMILES string of the molecule is CC(C)C[C@H](NC(=O)OCc1ccccc1)C(=O)NC1CCN(C(=O)[C@H](CC(C)C)NC(=O)OCc2ccccc2)CC1O. The number of aliphatic hydroxyl groups is 1. The van der Waals surface area contributed by atoms with Gasteiger partial charge in [-0.15, -0.1) is 0 Å². The average Bonchev–Trinajstić information content (AvgIpc) is 2.99. The molecule has 3 rings (SSSR count). The highest BCUT2D eigenvalue weighted by Crippen LogP contribution is 2.17. The molecule has 0 saturated carbocycles. The zero-order valence-corrected chi connectivity index (χ0v) is 26.0. The highest BCUT2D eigenvalue weighted by atomic mass is 16.6. The molecule has 0 radical (unpaired) electrons. The van der Waals surface area contributed by atoms with Gasteiger partial charge in [-0.25, -0.2) is 9.59 Å². The number of nitrogens with one attached hydrogen (secondary N) is 3. The molecule has 1 saturated heterocycles. The van der Waals surface area contributed by atoms with E-state index < -0.39 is 42.3 Å². The van der Waals surface area contributed by atoms with Gasteiger partial charge in [0.15, 0.2) is 0 Å². The van der Waals surface area contributed by atoms with E-state index in [1.807, 2.05) is 88.4 Å². The van der Waals surface area contributed by atoms with Crippen LogP contribution in [-0.4, -0.2) is 71.3 Å². The Labute approximate surface area is 259 Å². The van der Waals surface area contributed by atoms with E-state index in [-0.39, 0.29) is 44.0 Å². The maximum atomic E-state index is 13.4. The molecule has 11 heteroatoms. The first-order valence-electron chi connectivity index (χ1n) is 15.2. The van der Waals surface area contributed by atoms with Crippen LogP contribution >= 0.6 is 0 Å². The molecular weight excluding hydrogens is 564 g/mol. The van der Waals surface area contributed by atoms with Crippen LogP contribution in [-0.2, 0) is 32.3 Å². The number of carbonyl (C=O) groups is 4. The lowest BCUT2D eigenvalue weighted by Crippen LogP contribution is -2.60. The average molecular weight is 611 g/mol. The highest BCUT2D eigenvalue weighted by Gasteiger charge is 2.36. The number of likely N-dealkylation sites (tertiary alicyclic amines) is 1. The van der Waals surface area contributed by atoms with Crippen LogP contribution < -0.4 is 16.0 Å². The smallest absolute Gasteiger partial charge is 0.408 e. The zero-order valence-electron chi connectivity index (χ0n) is 26.0. The molecule has 240 valence electrons. The second-order valence-electron chi connectivity index (χ2n) is 12.0. The van der Waals surface area contributed by atoms with E-state index in [0.29, 0.717) is 19.3 Å². The second-order valence-corrected chi connectivity index (χ2v) is 12.0. The Morgan fingerprint density at radius 3 is 1.75 bits per heavy atom. The molecule has 0 spiro atoms. The van der Waals surface area contributed by atoms with Crippen LogP contribution in [0.2, 0.25) is 0 Å². The molecule has 0 bridgehead atoms. The van der Waals surface area contributed by atoms with Gasteiger partial charge in [-0.05, 0) is 42.2 Å². The Hall–Kier alpha value is -4.12. The van der Waals surface area contributed by atoms with Crippen molar-refractivity contribution in [2.75, 3.05) is 13.1 Å². The summed E-state index contributed by atoms with van der Waals surface area (Å²) in [7, 11) is 0. The van der Waals surface area contributed by atoms with Crippen LogP contribution in [0.5, 0.6) is 0 Å². The van der Waals surface area contributed by atoms with Crippen LogP contribution in [0.3, 0.4) is 0 Å². The Balaban J connectivity index is 1.53. The number of carbonyl (C=O) groups excluding carboxylic acids is 4. The first-order chi connectivity index (χ1) is 21.0. The fourth-order valence-corrected chi connectivity index (χ4v) is 5.01. The summed E-state index contributed by atoms with van der Waals surface area (Å²) in [5, 5.41) is 19.1. The van der Waals surface area contributed by atoms with Gasteiger partial charge in [-0.2, -0.15) is 0 Å². The minimum atomic E-state index is -1.04. The molecule has 11 nitrogen and oxygen atoms in total. The van der Waals surface area contributed by atoms with E-state index >= 15 is 0 Å². The van der Waals surface area contributed by atoms with Crippen molar-refractivity contribution in [1.82, 2.24) is 20.9 Å². The molecule has 0 aliphatic carbocycles. The predicted molar refractivity (Wildman–Crippen MR) is 165 cm³/mol. The molecular formula is C33H46N4O7. The molecule has 4 atom stereocenters. The molecule has 44 heavy (non-hydrogen) atoms. The van der Waals surface area contributed by atoms with E-state index in [2.05, 4.69) is 16.0 Å². The Morgan fingerprint density at radius 2 is 1.27 bits per heavy atom. The largest absolute Gasteiger partial charge is 0.445 e. The number of hydrogen-bond acceptors (Lipinski definition) is 7.